The van der Waals surface area contributed by atoms with E-state index < -0.39 is 0 Å². The topological polar surface area (TPSA) is 60.1 Å². The van der Waals surface area contributed by atoms with Crippen molar-refractivity contribution in [3.8, 4) is 0 Å². The highest BCUT2D eigenvalue weighted by atomic mass is 79.9. The molecule has 0 saturated carbocycles. The summed E-state index contributed by atoms with van der Waals surface area (Å²) in [6.07, 6.45) is 3.82. The largest absolute Gasteiger partial charge is 0.444 e. The Labute approximate surface area is 125 Å². The fourth-order valence-corrected chi connectivity index (χ4v) is 3.13. The highest BCUT2D eigenvalue weighted by Gasteiger charge is 2.23. The molecule has 1 atom stereocenters. The van der Waals surface area contributed by atoms with Crippen molar-refractivity contribution in [1.29, 1.82) is 0 Å². The number of fused-ring (bicyclic) bond motifs is 1. The van der Waals surface area contributed by atoms with Crippen LogP contribution in [-0.2, 0) is 13.0 Å². The lowest BCUT2D eigenvalue weighted by molar-refractivity contribution is 0.0897. The van der Waals surface area contributed by atoms with Crippen molar-refractivity contribution >= 4 is 21.8 Å². The average Bonchev–Trinajstić information content (AvgIpc) is 2.90. The number of halogens is 1. The third-order valence-electron chi connectivity index (χ3n) is 3.54. The van der Waals surface area contributed by atoms with Crippen LogP contribution >= 0.6 is 15.9 Å². The molecule has 2 aromatic rings. The fraction of sp³-hybridized carbons (Fsp3) is 0.429. The van der Waals surface area contributed by atoms with Gasteiger partial charge >= 0.3 is 0 Å². The van der Waals surface area contributed by atoms with Gasteiger partial charge in [-0.05, 0) is 42.3 Å². The summed E-state index contributed by atoms with van der Waals surface area (Å²) < 4.78 is 8.08. The third kappa shape index (κ3) is 2.52. The van der Waals surface area contributed by atoms with E-state index in [1.165, 1.54) is 0 Å². The van der Waals surface area contributed by atoms with Crippen molar-refractivity contribution in [1.82, 2.24) is 14.9 Å². The summed E-state index contributed by atoms with van der Waals surface area (Å²) in [6.45, 7) is 4.62. The van der Waals surface area contributed by atoms with Crippen molar-refractivity contribution in [3.63, 3.8) is 0 Å². The molecule has 0 aromatic carbocycles. The van der Waals surface area contributed by atoms with E-state index in [0.717, 1.165) is 36.5 Å². The van der Waals surface area contributed by atoms with E-state index in [1.54, 1.807) is 6.07 Å². The molecule has 0 radical (unpaired) electrons. The quantitative estimate of drug-likeness (QED) is 0.916. The first kappa shape index (κ1) is 13.4. The minimum absolute atomic E-state index is 0.117. The van der Waals surface area contributed by atoms with Crippen LogP contribution in [0.15, 0.2) is 21.3 Å². The summed E-state index contributed by atoms with van der Waals surface area (Å²) in [5, 5.41) is 3.04. The zero-order valence-corrected chi connectivity index (χ0v) is 13.0. The van der Waals surface area contributed by atoms with Crippen molar-refractivity contribution in [3.05, 3.63) is 39.8 Å². The molecular formula is C14H16BrN3O2. The molecule has 3 rings (SSSR count). The summed E-state index contributed by atoms with van der Waals surface area (Å²) in [5.41, 5.74) is 1.86. The number of hydrogen-bond acceptors (Lipinski definition) is 3. The van der Waals surface area contributed by atoms with Gasteiger partial charge in [-0.3, -0.25) is 4.79 Å². The molecule has 0 spiro atoms. The molecule has 1 N–H and O–H groups in total. The zero-order chi connectivity index (χ0) is 14.3. The van der Waals surface area contributed by atoms with Gasteiger partial charge in [-0.15, -0.1) is 0 Å². The minimum atomic E-state index is -0.154. The molecule has 0 fully saturated rings. The average molecular weight is 338 g/mol. The van der Waals surface area contributed by atoms with Crippen molar-refractivity contribution < 1.29 is 9.21 Å². The van der Waals surface area contributed by atoms with Crippen LogP contribution in [0.4, 0.5) is 0 Å². The van der Waals surface area contributed by atoms with Gasteiger partial charge in [-0.1, -0.05) is 0 Å². The molecule has 20 heavy (non-hydrogen) atoms. The Morgan fingerprint density at radius 3 is 3.05 bits per heavy atom. The normalized spacial score (nSPS) is 17.9. The van der Waals surface area contributed by atoms with Crippen LogP contribution in [0.2, 0.25) is 0 Å². The van der Waals surface area contributed by atoms with Crippen LogP contribution < -0.4 is 5.32 Å². The fourth-order valence-electron chi connectivity index (χ4n) is 2.62. The Morgan fingerprint density at radius 2 is 2.35 bits per heavy atom. The lowest BCUT2D eigenvalue weighted by atomic mass is 10.1. The summed E-state index contributed by atoms with van der Waals surface area (Å²) >= 11 is 3.24. The number of imidazole rings is 1. The smallest absolute Gasteiger partial charge is 0.287 e. The van der Waals surface area contributed by atoms with Gasteiger partial charge in [-0.25, -0.2) is 4.98 Å². The predicted molar refractivity (Wildman–Crippen MR) is 77.7 cm³/mol. The number of rotatable bonds is 2. The number of aryl methyl sites for hydroxylation is 3. The molecule has 0 aliphatic carbocycles. The minimum Gasteiger partial charge on any atom is -0.444 e. The van der Waals surface area contributed by atoms with E-state index in [0.29, 0.717) is 10.4 Å². The molecule has 0 unspecified atom stereocenters. The number of nitrogens with one attached hydrogen (secondary N) is 1. The van der Waals surface area contributed by atoms with Gasteiger partial charge in [-0.2, -0.15) is 0 Å². The summed E-state index contributed by atoms with van der Waals surface area (Å²) in [5.74, 6) is 1.33. The Morgan fingerprint density at radius 1 is 1.55 bits per heavy atom. The number of nitrogens with zero attached hydrogens (tertiary/aromatic N) is 2. The highest BCUT2D eigenvalue weighted by molar-refractivity contribution is 9.10. The van der Waals surface area contributed by atoms with Gasteiger partial charge in [0.05, 0.1) is 5.69 Å². The molecule has 1 aliphatic rings. The molecule has 0 bridgehead atoms. The number of carbonyl (C=O) groups is 1. The first-order valence-corrected chi connectivity index (χ1v) is 7.41. The second kappa shape index (κ2) is 5.09. The van der Waals surface area contributed by atoms with Gasteiger partial charge in [0.2, 0.25) is 0 Å². The Kier molecular flexibility index (Phi) is 3.41. The second-order valence-electron chi connectivity index (χ2n) is 5.22. The molecule has 106 valence electrons. The van der Waals surface area contributed by atoms with Crippen molar-refractivity contribution in [2.75, 3.05) is 0 Å². The number of aromatic nitrogens is 2. The van der Waals surface area contributed by atoms with Gasteiger partial charge in [0.15, 0.2) is 10.4 Å². The summed E-state index contributed by atoms with van der Waals surface area (Å²) in [6, 6.07) is 1.92. The summed E-state index contributed by atoms with van der Waals surface area (Å²) in [4.78, 5) is 16.7. The molecule has 0 saturated heterocycles. The van der Waals surface area contributed by atoms with E-state index in [4.69, 9.17) is 4.42 Å². The number of furan rings is 1. The van der Waals surface area contributed by atoms with Crippen LogP contribution in [-0.4, -0.2) is 21.5 Å². The highest BCUT2D eigenvalue weighted by Crippen LogP contribution is 2.20. The number of hydrogen-bond donors (Lipinski definition) is 1. The lowest BCUT2D eigenvalue weighted by Crippen LogP contribution is -2.40. The van der Waals surface area contributed by atoms with Crippen LogP contribution in [0.5, 0.6) is 0 Å². The van der Waals surface area contributed by atoms with Crippen LogP contribution in [0, 0.1) is 13.8 Å². The molecule has 2 aromatic heterocycles. The van der Waals surface area contributed by atoms with E-state index in [9.17, 15) is 4.79 Å². The molecule has 5 nitrogen and oxygen atoms in total. The Balaban J connectivity index is 1.70. The van der Waals surface area contributed by atoms with Crippen LogP contribution in [0.25, 0.3) is 0 Å². The first-order chi connectivity index (χ1) is 9.52. The van der Waals surface area contributed by atoms with E-state index in [2.05, 4.69) is 30.8 Å². The van der Waals surface area contributed by atoms with Gasteiger partial charge in [0, 0.05) is 30.8 Å². The Hall–Kier alpha value is -1.56. The molecule has 1 aliphatic heterocycles. The van der Waals surface area contributed by atoms with Crippen LogP contribution in [0.3, 0.4) is 0 Å². The monoisotopic (exact) mass is 337 g/mol. The van der Waals surface area contributed by atoms with Crippen molar-refractivity contribution in [2.24, 2.45) is 0 Å². The summed E-state index contributed by atoms with van der Waals surface area (Å²) in [7, 11) is 0. The van der Waals surface area contributed by atoms with E-state index >= 15 is 0 Å². The maximum absolute atomic E-state index is 12.2. The lowest BCUT2D eigenvalue weighted by Gasteiger charge is -2.24. The van der Waals surface area contributed by atoms with Gasteiger partial charge in [0.25, 0.3) is 5.91 Å². The molecule has 3 heterocycles. The molecule has 1 amide bonds. The van der Waals surface area contributed by atoms with E-state index in [1.807, 2.05) is 20.0 Å². The maximum atomic E-state index is 12.2. The van der Waals surface area contributed by atoms with Gasteiger partial charge in [0.1, 0.15) is 5.82 Å². The number of amides is 1. The maximum Gasteiger partial charge on any atom is 0.287 e. The first-order valence-electron chi connectivity index (χ1n) is 6.62. The predicted octanol–water partition coefficient (Wildman–Crippen LogP) is 2.60. The van der Waals surface area contributed by atoms with Crippen molar-refractivity contribution in [2.45, 2.75) is 39.3 Å². The van der Waals surface area contributed by atoms with E-state index in [-0.39, 0.29) is 11.9 Å². The second-order valence-corrected chi connectivity index (χ2v) is 6.00. The van der Waals surface area contributed by atoms with Gasteiger partial charge < -0.3 is 14.3 Å². The zero-order valence-electron chi connectivity index (χ0n) is 11.4. The SMILES string of the molecule is Cc1cn2c(n1)CC[C@@H](NC(=O)c1oc(Br)cc1C)C2. The van der Waals surface area contributed by atoms with Crippen LogP contribution in [0.1, 0.15) is 34.1 Å². The third-order valence-corrected chi connectivity index (χ3v) is 3.93. The Bertz CT molecular complexity index is 659. The molecule has 6 heteroatoms. The number of carbonyl (C=O) groups excluding carboxylic acids is 1. The standard InChI is InChI=1S/C14H16BrN3O2/c1-8-5-11(15)20-13(8)14(19)17-10-3-4-12-16-9(2)6-18(12)7-10/h5-6,10H,3-4,7H2,1-2H3,(H,17,19)/t10-/m1/s1. The molecular weight excluding hydrogens is 322 g/mol.